The fraction of sp³-hybridized carbons (Fsp3) is 0.600. The molecule has 1 fully saturated rings. The number of carbonyl (C=O) groups excluding carboxylic acids is 1. The quantitative estimate of drug-likeness (QED) is 0.327. The lowest BCUT2D eigenvalue weighted by atomic mass is 9.84. The first-order chi connectivity index (χ1) is 12.9. The highest BCUT2D eigenvalue weighted by Gasteiger charge is 2.42. The van der Waals surface area contributed by atoms with Crippen LogP contribution in [0.5, 0.6) is 0 Å². The number of benzene rings is 1. The van der Waals surface area contributed by atoms with Crippen molar-refractivity contribution in [2.45, 2.75) is 31.8 Å². The zero-order valence-corrected chi connectivity index (χ0v) is 20.2. The van der Waals surface area contributed by atoms with Crippen LogP contribution in [0.1, 0.15) is 37.4 Å². The minimum atomic E-state index is -0.339. The monoisotopic (exact) mass is 522 g/mol. The van der Waals surface area contributed by atoms with E-state index in [0.717, 1.165) is 31.2 Å². The van der Waals surface area contributed by atoms with Crippen molar-refractivity contribution >= 4 is 47.4 Å². The van der Waals surface area contributed by atoms with Gasteiger partial charge in [0.15, 0.2) is 5.96 Å². The second kappa shape index (κ2) is 11.8. The Bertz CT molecular complexity index is 663. The lowest BCUT2D eigenvalue weighted by molar-refractivity contribution is -0.138. The summed E-state index contributed by atoms with van der Waals surface area (Å²) in [6.07, 6.45) is 3.86. The van der Waals surface area contributed by atoms with Crippen molar-refractivity contribution < 1.29 is 9.53 Å². The molecule has 8 heteroatoms. The normalized spacial score (nSPS) is 16.8. The lowest BCUT2D eigenvalue weighted by Gasteiger charge is -2.31. The average Bonchev–Trinajstić information content (AvgIpc) is 3.14. The van der Waals surface area contributed by atoms with Crippen LogP contribution in [0.2, 0.25) is 5.02 Å². The zero-order valence-electron chi connectivity index (χ0n) is 17.1. The number of nitrogens with zero attached hydrogens (tertiary/aromatic N) is 2. The maximum atomic E-state index is 12.7. The topological polar surface area (TPSA) is 66.0 Å². The highest BCUT2D eigenvalue weighted by atomic mass is 127. The summed E-state index contributed by atoms with van der Waals surface area (Å²) in [4.78, 5) is 18.7. The van der Waals surface area contributed by atoms with Crippen LogP contribution in [0.15, 0.2) is 29.3 Å². The Hall–Kier alpha value is -1.06. The van der Waals surface area contributed by atoms with E-state index in [9.17, 15) is 4.79 Å². The molecule has 1 aliphatic rings. The Labute approximate surface area is 190 Å². The molecule has 1 unspecified atom stereocenters. The number of carbonyl (C=O) groups is 1. The smallest absolute Gasteiger partial charge is 0.230 e. The highest BCUT2D eigenvalue weighted by Crippen LogP contribution is 2.38. The molecular formula is C20H32ClIN4O2. The third-order valence-corrected chi connectivity index (χ3v) is 5.43. The first-order valence-corrected chi connectivity index (χ1v) is 9.74. The molecule has 28 heavy (non-hydrogen) atoms. The van der Waals surface area contributed by atoms with Crippen LogP contribution in [0.4, 0.5) is 0 Å². The van der Waals surface area contributed by atoms with E-state index in [1.807, 2.05) is 38.4 Å². The van der Waals surface area contributed by atoms with E-state index in [1.54, 1.807) is 19.1 Å². The summed E-state index contributed by atoms with van der Waals surface area (Å²) in [5.41, 5.74) is 0.664. The van der Waals surface area contributed by atoms with Gasteiger partial charge >= 0.3 is 0 Å². The number of rotatable bonds is 7. The number of hydrogen-bond donors (Lipinski definition) is 2. The van der Waals surface area contributed by atoms with Crippen LogP contribution in [-0.4, -0.2) is 58.1 Å². The van der Waals surface area contributed by atoms with Gasteiger partial charge in [0.25, 0.3) is 0 Å². The van der Waals surface area contributed by atoms with Crippen molar-refractivity contribution in [2.75, 3.05) is 41.3 Å². The predicted octanol–water partition coefficient (Wildman–Crippen LogP) is 3.46. The number of ether oxygens (including phenoxy) is 1. The van der Waals surface area contributed by atoms with Gasteiger partial charge in [0.2, 0.25) is 5.91 Å². The molecule has 1 aromatic rings. The molecule has 1 aliphatic carbocycles. The van der Waals surface area contributed by atoms with E-state index >= 15 is 0 Å². The summed E-state index contributed by atoms with van der Waals surface area (Å²) in [5, 5.41) is 7.32. The summed E-state index contributed by atoms with van der Waals surface area (Å²) < 4.78 is 5.59. The van der Waals surface area contributed by atoms with Crippen LogP contribution < -0.4 is 10.6 Å². The van der Waals surface area contributed by atoms with E-state index in [4.69, 9.17) is 16.3 Å². The lowest BCUT2D eigenvalue weighted by Crippen LogP contribution is -2.49. The second-order valence-corrected chi connectivity index (χ2v) is 7.71. The Morgan fingerprint density at radius 1 is 1.32 bits per heavy atom. The van der Waals surface area contributed by atoms with Crippen LogP contribution >= 0.6 is 35.6 Å². The summed E-state index contributed by atoms with van der Waals surface area (Å²) in [7, 11) is 7.05. The number of aliphatic imine (C=N–C) groups is 1. The van der Waals surface area contributed by atoms with E-state index in [-0.39, 0.29) is 41.4 Å². The Morgan fingerprint density at radius 3 is 2.54 bits per heavy atom. The van der Waals surface area contributed by atoms with Gasteiger partial charge in [-0.1, -0.05) is 36.6 Å². The molecule has 2 N–H and O–H groups in total. The molecule has 0 radical (unpaired) electrons. The molecule has 1 atom stereocenters. The Morgan fingerprint density at radius 2 is 2.00 bits per heavy atom. The standard InChI is InChI=1S/C20H31ClN4O2.HI/c1-22-19(23-13-17(27-4)15-8-7-9-16(21)12-15)24-14-20(10-5-6-11-20)18(26)25(2)3;/h7-9,12,17H,5-6,10-11,13-14H2,1-4H3,(H2,22,23,24);1H. The first-order valence-electron chi connectivity index (χ1n) is 9.36. The zero-order chi connectivity index (χ0) is 19.9. The molecule has 0 aliphatic heterocycles. The predicted molar refractivity (Wildman–Crippen MR) is 126 cm³/mol. The molecular weight excluding hydrogens is 491 g/mol. The maximum absolute atomic E-state index is 12.7. The van der Waals surface area contributed by atoms with E-state index < -0.39 is 0 Å². The Balaban J connectivity index is 0.00000392. The molecule has 0 aromatic heterocycles. The van der Waals surface area contributed by atoms with E-state index in [0.29, 0.717) is 24.1 Å². The van der Waals surface area contributed by atoms with E-state index in [1.165, 1.54) is 0 Å². The van der Waals surface area contributed by atoms with Crippen molar-refractivity contribution in [2.24, 2.45) is 10.4 Å². The van der Waals surface area contributed by atoms with Crippen molar-refractivity contribution in [3.8, 4) is 0 Å². The van der Waals surface area contributed by atoms with Crippen LogP contribution in [0, 0.1) is 5.41 Å². The van der Waals surface area contributed by atoms with Gasteiger partial charge in [-0.3, -0.25) is 9.79 Å². The number of guanidine groups is 1. The summed E-state index contributed by atoms with van der Waals surface area (Å²) in [6.45, 7) is 1.13. The highest BCUT2D eigenvalue weighted by molar-refractivity contribution is 14.0. The summed E-state index contributed by atoms with van der Waals surface area (Å²) in [6, 6.07) is 7.64. The fourth-order valence-electron chi connectivity index (χ4n) is 3.70. The summed E-state index contributed by atoms with van der Waals surface area (Å²) >= 11 is 6.08. The van der Waals surface area contributed by atoms with Gasteiger partial charge in [-0.05, 0) is 30.5 Å². The molecule has 158 valence electrons. The number of halogens is 2. The molecule has 0 bridgehead atoms. The number of methoxy groups -OCH3 is 1. The third kappa shape index (κ3) is 6.49. The average molecular weight is 523 g/mol. The van der Waals surface area contributed by atoms with Crippen molar-refractivity contribution in [3.63, 3.8) is 0 Å². The van der Waals surface area contributed by atoms with Crippen molar-refractivity contribution in [3.05, 3.63) is 34.9 Å². The Kier molecular flexibility index (Phi) is 10.5. The molecule has 1 amide bonds. The van der Waals surface area contributed by atoms with Crippen LogP contribution in [-0.2, 0) is 9.53 Å². The molecule has 1 saturated carbocycles. The summed E-state index contributed by atoms with van der Waals surface area (Å²) in [5.74, 6) is 0.855. The van der Waals surface area contributed by atoms with Gasteiger partial charge in [-0.2, -0.15) is 0 Å². The van der Waals surface area contributed by atoms with Gasteiger partial charge in [0.1, 0.15) is 0 Å². The largest absolute Gasteiger partial charge is 0.375 e. The third-order valence-electron chi connectivity index (χ3n) is 5.20. The number of amides is 1. The SMILES string of the molecule is CN=C(NCC(OC)c1cccc(Cl)c1)NCC1(C(=O)N(C)C)CCCC1.I. The molecule has 0 spiro atoms. The second-order valence-electron chi connectivity index (χ2n) is 7.27. The molecule has 0 heterocycles. The van der Waals surface area contributed by atoms with Gasteiger partial charge in [-0.15, -0.1) is 24.0 Å². The fourth-order valence-corrected chi connectivity index (χ4v) is 3.90. The van der Waals surface area contributed by atoms with Gasteiger partial charge in [0.05, 0.1) is 11.5 Å². The molecule has 1 aromatic carbocycles. The van der Waals surface area contributed by atoms with Gasteiger partial charge < -0.3 is 20.3 Å². The number of hydrogen-bond acceptors (Lipinski definition) is 3. The first kappa shape index (κ1) is 25.0. The molecule has 0 saturated heterocycles. The van der Waals surface area contributed by atoms with Crippen LogP contribution in [0.25, 0.3) is 0 Å². The maximum Gasteiger partial charge on any atom is 0.230 e. The van der Waals surface area contributed by atoms with Crippen LogP contribution in [0.3, 0.4) is 0 Å². The van der Waals surface area contributed by atoms with E-state index in [2.05, 4.69) is 15.6 Å². The molecule has 2 rings (SSSR count). The van der Waals surface area contributed by atoms with Gasteiger partial charge in [-0.25, -0.2) is 0 Å². The number of nitrogens with one attached hydrogen (secondary N) is 2. The minimum Gasteiger partial charge on any atom is -0.375 e. The minimum absolute atomic E-state index is 0. The van der Waals surface area contributed by atoms with Crippen molar-refractivity contribution in [1.29, 1.82) is 0 Å². The van der Waals surface area contributed by atoms with Gasteiger partial charge in [0, 0.05) is 46.4 Å². The molecule has 6 nitrogen and oxygen atoms in total. The van der Waals surface area contributed by atoms with Crippen molar-refractivity contribution in [1.82, 2.24) is 15.5 Å².